The first-order valence-corrected chi connectivity index (χ1v) is 14.3. The van der Waals surface area contributed by atoms with E-state index in [1.54, 1.807) is 0 Å². The van der Waals surface area contributed by atoms with Crippen molar-refractivity contribution in [2.45, 2.75) is 49.1 Å². The lowest BCUT2D eigenvalue weighted by Crippen LogP contribution is -2.36. The molecule has 42 heavy (non-hydrogen) atoms. The van der Waals surface area contributed by atoms with Gasteiger partial charge < -0.3 is 55.5 Å². The predicted octanol–water partition coefficient (Wildman–Crippen LogP) is -2.75. The van der Waals surface area contributed by atoms with Gasteiger partial charge in [0.05, 0.1) is 25.9 Å². The number of nitrogen functional groups attached to an aromatic ring is 2. The van der Waals surface area contributed by atoms with Gasteiger partial charge in [-0.05, 0) is 0 Å². The van der Waals surface area contributed by atoms with E-state index in [4.69, 9.17) is 30.2 Å². The molecule has 21 heteroatoms. The van der Waals surface area contributed by atoms with Crippen molar-refractivity contribution >= 4 is 41.6 Å². The number of ether oxygens (including phenoxy) is 3. The van der Waals surface area contributed by atoms with Crippen LogP contribution in [0.25, 0.3) is 22.3 Å². The van der Waals surface area contributed by atoms with Gasteiger partial charge in [-0.1, -0.05) is 0 Å². The summed E-state index contributed by atoms with van der Waals surface area (Å²) in [6, 6.07) is 0. The van der Waals surface area contributed by atoms with E-state index in [1.165, 1.54) is 34.4 Å². The van der Waals surface area contributed by atoms with Gasteiger partial charge in [-0.15, -0.1) is 0 Å². The molecule has 4 aromatic rings. The Hall–Kier alpha value is -3.43. The van der Waals surface area contributed by atoms with Gasteiger partial charge in [-0.3, -0.25) is 13.7 Å². The minimum Gasteiger partial charge on any atom is -0.394 e. The van der Waals surface area contributed by atoms with Crippen LogP contribution in [0.1, 0.15) is 12.5 Å². The van der Waals surface area contributed by atoms with E-state index in [2.05, 4.69) is 29.9 Å². The van der Waals surface area contributed by atoms with Crippen LogP contribution in [0.5, 0.6) is 0 Å². The molecule has 226 valence electrons. The molecule has 0 aromatic carbocycles. The quantitative estimate of drug-likeness (QED) is 0.0944. The Kier molecular flexibility index (Phi) is 7.51. The maximum Gasteiger partial charge on any atom is 0.353 e. The molecule has 0 aliphatic carbocycles. The summed E-state index contributed by atoms with van der Waals surface area (Å²) in [5.74, 6) is 0.209. The molecule has 0 radical (unpaired) electrons. The SMILES string of the molecule is Nc1ncnc2c1ncn2[C@@H]1O[C@H](COP(=O)(O)COC2C(O)[C@@H](CO)O[C@H]2n2cnc3c(N)ncnc32)C(O)C1O. The Bertz CT molecular complexity index is 1640. The Morgan fingerprint density at radius 2 is 1.40 bits per heavy atom. The number of imidazole rings is 2. The molecule has 6 heterocycles. The summed E-state index contributed by atoms with van der Waals surface area (Å²) >= 11 is 0. The summed E-state index contributed by atoms with van der Waals surface area (Å²) in [5.41, 5.74) is 12.6. The molecule has 0 spiro atoms. The lowest BCUT2D eigenvalue weighted by Gasteiger charge is -2.24. The van der Waals surface area contributed by atoms with Gasteiger partial charge in [0, 0.05) is 0 Å². The van der Waals surface area contributed by atoms with Gasteiger partial charge in [0.2, 0.25) is 0 Å². The fourth-order valence-corrected chi connectivity index (χ4v) is 5.70. The minimum atomic E-state index is -4.53. The molecule has 2 saturated heterocycles. The van der Waals surface area contributed by atoms with Crippen molar-refractivity contribution in [3.63, 3.8) is 0 Å². The Labute approximate surface area is 235 Å². The molecule has 0 bridgehead atoms. The summed E-state index contributed by atoms with van der Waals surface area (Å²) in [6.07, 6.45) is -6.10. The van der Waals surface area contributed by atoms with Crippen LogP contribution < -0.4 is 11.5 Å². The largest absolute Gasteiger partial charge is 0.394 e. The van der Waals surface area contributed by atoms with Crippen LogP contribution in [0.15, 0.2) is 25.3 Å². The second-order valence-electron chi connectivity index (χ2n) is 9.64. The first-order chi connectivity index (χ1) is 20.1. The average Bonchev–Trinajstić information content (AvgIpc) is 3.72. The van der Waals surface area contributed by atoms with Crippen LogP contribution in [0, 0.1) is 0 Å². The van der Waals surface area contributed by atoms with E-state index >= 15 is 0 Å². The predicted molar refractivity (Wildman–Crippen MR) is 138 cm³/mol. The first kappa shape index (κ1) is 28.7. The van der Waals surface area contributed by atoms with Crippen LogP contribution in [0.4, 0.5) is 11.6 Å². The molecule has 2 aliphatic rings. The van der Waals surface area contributed by atoms with Gasteiger partial charge in [0.1, 0.15) is 66.7 Å². The van der Waals surface area contributed by atoms with Crippen molar-refractivity contribution < 1.29 is 48.6 Å². The Morgan fingerprint density at radius 1 is 0.833 bits per heavy atom. The zero-order valence-corrected chi connectivity index (χ0v) is 22.4. The summed E-state index contributed by atoms with van der Waals surface area (Å²) in [6.45, 7) is -1.18. The summed E-state index contributed by atoms with van der Waals surface area (Å²) in [7, 11) is -4.53. The normalized spacial score (nSPS) is 31.3. The third-order valence-corrected chi connectivity index (χ3v) is 8.05. The van der Waals surface area contributed by atoms with Gasteiger partial charge in [-0.2, -0.15) is 0 Å². The number of hydrogen-bond donors (Lipinski definition) is 7. The van der Waals surface area contributed by atoms with E-state index in [0.29, 0.717) is 0 Å². The molecule has 5 unspecified atom stereocenters. The minimum absolute atomic E-state index is 0.101. The molecule has 0 amide bonds. The number of rotatable bonds is 9. The molecule has 9 N–H and O–H groups in total. The fourth-order valence-electron chi connectivity index (χ4n) is 4.89. The molecule has 2 fully saturated rings. The number of aliphatic hydroxyl groups excluding tert-OH is 4. The van der Waals surface area contributed by atoms with Crippen LogP contribution in [-0.2, 0) is 23.3 Å². The number of hydrogen-bond acceptors (Lipinski definition) is 17. The van der Waals surface area contributed by atoms with Gasteiger partial charge in [0.15, 0.2) is 35.4 Å². The van der Waals surface area contributed by atoms with Crippen molar-refractivity contribution in [2.75, 3.05) is 31.0 Å². The average molecular weight is 610 g/mol. The zero-order valence-electron chi connectivity index (χ0n) is 21.5. The van der Waals surface area contributed by atoms with Crippen molar-refractivity contribution in [1.29, 1.82) is 0 Å². The van der Waals surface area contributed by atoms with E-state index < -0.39 is 76.2 Å². The van der Waals surface area contributed by atoms with Crippen LogP contribution in [0.2, 0.25) is 0 Å². The van der Waals surface area contributed by atoms with Crippen molar-refractivity contribution in [2.24, 2.45) is 0 Å². The standard InChI is InChI=1S/C21H27N10O10P/c22-16-10-18(26-3-24-16)30(5-28-10)20-14(35)12(33)9(41-20)2-39-42(36,37)7-38-15-13(34)8(1-32)40-21(15)31-6-29-11-17(23)25-4-27-19(11)31/h3-6,8-9,12-15,20-21,32-35H,1-2,7H2,(H,36,37)(H2,22,24,26)(H2,23,25,27)/t8-,9-,12?,13?,14?,15?,20-,21-/m1/s1. The number of fused-ring (bicyclic) bond motifs is 2. The molecular weight excluding hydrogens is 583 g/mol. The lowest BCUT2D eigenvalue weighted by atomic mass is 10.1. The second kappa shape index (κ2) is 11.0. The van der Waals surface area contributed by atoms with Gasteiger partial charge >= 0.3 is 7.60 Å². The summed E-state index contributed by atoms with van der Waals surface area (Å²) in [5, 5.41) is 41.5. The highest BCUT2D eigenvalue weighted by atomic mass is 31.2. The summed E-state index contributed by atoms with van der Waals surface area (Å²) in [4.78, 5) is 34.6. The number of aliphatic hydroxyl groups is 4. The summed E-state index contributed by atoms with van der Waals surface area (Å²) < 4.78 is 37.8. The molecule has 2 aliphatic heterocycles. The van der Waals surface area contributed by atoms with E-state index in [9.17, 15) is 29.9 Å². The second-order valence-corrected chi connectivity index (χ2v) is 11.4. The Balaban J connectivity index is 1.12. The van der Waals surface area contributed by atoms with Gasteiger partial charge in [-0.25, -0.2) is 29.9 Å². The highest BCUT2D eigenvalue weighted by molar-refractivity contribution is 7.52. The van der Waals surface area contributed by atoms with Crippen molar-refractivity contribution in [3.05, 3.63) is 25.3 Å². The molecule has 20 nitrogen and oxygen atoms in total. The van der Waals surface area contributed by atoms with Crippen LogP contribution in [-0.4, -0.2) is 121 Å². The molecular formula is C21H27N10O10P. The molecule has 4 aromatic heterocycles. The maximum atomic E-state index is 12.9. The number of anilines is 2. The van der Waals surface area contributed by atoms with E-state index in [1.807, 2.05) is 0 Å². The smallest absolute Gasteiger partial charge is 0.353 e. The highest BCUT2D eigenvalue weighted by Crippen LogP contribution is 2.45. The molecule has 6 rings (SSSR count). The van der Waals surface area contributed by atoms with Crippen LogP contribution in [0.3, 0.4) is 0 Å². The lowest BCUT2D eigenvalue weighted by molar-refractivity contribution is -0.0662. The van der Waals surface area contributed by atoms with Crippen molar-refractivity contribution in [1.82, 2.24) is 39.0 Å². The fraction of sp³-hybridized carbons (Fsp3) is 0.524. The number of nitrogens with two attached hydrogens (primary N) is 2. The third-order valence-electron chi connectivity index (χ3n) is 7.02. The first-order valence-electron chi connectivity index (χ1n) is 12.5. The van der Waals surface area contributed by atoms with Crippen LogP contribution >= 0.6 is 7.60 Å². The molecule has 9 atom stereocenters. The van der Waals surface area contributed by atoms with Gasteiger partial charge in [0.25, 0.3) is 0 Å². The third kappa shape index (κ3) is 4.96. The van der Waals surface area contributed by atoms with Crippen molar-refractivity contribution in [3.8, 4) is 0 Å². The van der Waals surface area contributed by atoms with E-state index in [0.717, 1.165) is 0 Å². The topological polar surface area (TPSA) is 294 Å². The zero-order chi connectivity index (χ0) is 29.8. The highest BCUT2D eigenvalue weighted by Gasteiger charge is 2.48. The monoisotopic (exact) mass is 610 g/mol. The molecule has 0 saturated carbocycles. The Morgan fingerprint density at radius 3 is 2.00 bits per heavy atom. The number of nitrogens with zero attached hydrogens (tertiary/aromatic N) is 8. The maximum absolute atomic E-state index is 12.9. The van der Waals surface area contributed by atoms with E-state index in [-0.39, 0.29) is 34.0 Å². The number of aromatic nitrogens is 8.